The summed E-state index contributed by atoms with van der Waals surface area (Å²) in [6.07, 6.45) is 5.49. The monoisotopic (exact) mass is 618 g/mol. The number of nitrogens with zero attached hydrogens (tertiary/aromatic N) is 4. The summed E-state index contributed by atoms with van der Waals surface area (Å²) in [6, 6.07) is 12.0. The van der Waals surface area contributed by atoms with Gasteiger partial charge < -0.3 is 20.1 Å². The highest BCUT2D eigenvalue weighted by molar-refractivity contribution is 7.22. The molecule has 3 aromatic heterocycles. The molecule has 2 N–H and O–H groups in total. The molecule has 12 heteroatoms. The SMILES string of the molecule is COC(=O)C(C)CN1CCN(Cc2ccc(-c3cc4nccc(Oc5ccc(NC(=O)NC6CC6)cc5F)c4s3)nc2)CC1. The number of amides is 2. The number of esters is 1. The van der Waals surface area contributed by atoms with Crippen molar-refractivity contribution >= 4 is 39.2 Å². The molecular weight excluding hydrogens is 583 g/mol. The van der Waals surface area contributed by atoms with E-state index in [0.29, 0.717) is 18.0 Å². The van der Waals surface area contributed by atoms with E-state index in [0.717, 1.165) is 71.9 Å². The molecule has 4 aromatic rings. The second-order valence-corrected chi connectivity index (χ2v) is 12.4. The van der Waals surface area contributed by atoms with Crippen LogP contribution in [0.5, 0.6) is 11.5 Å². The lowest BCUT2D eigenvalue weighted by molar-refractivity contribution is -0.145. The standard InChI is InChI=1S/C32H35FN6O4S/c1-20(31(40)42-2)18-38-11-13-39(14-12-38)19-21-3-7-25(35-17-21)29-16-26-30(44-29)28(9-10-34-26)43-27-8-6-23(15-24(27)33)37-32(41)36-22-4-5-22/h3,6-10,15-17,20,22H,4-5,11-14,18-19H2,1-2H3,(H2,36,37,41). The van der Waals surface area contributed by atoms with Gasteiger partial charge in [-0.2, -0.15) is 0 Å². The highest BCUT2D eigenvalue weighted by Gasteiger charge is 2.24. The number of pyridine rings is 2. The number of ether oxygens (including phenoxy) is 2. The fourth-order valence-corrected chi connectivity index (χ4v) is 6.24. The lowest BCUT2D eigenvalue weighted by Gasteiger charge is -2.35. The number of thiophene rings is 1. The zero-order chi connectivity index (χ0) is 30.6. The topological polar surface area (TPSA) is 109 Å². The molecule has 1 aliphatic heterocycles. The molecular formula is C32H35FN6O4S. The first-order valence-electron chi connectivity index (χ1n) is 14.8. The second kappa shape index (κ2) is 13.2. The molecule has 1 aliphatic carbocycles. The normalized spacial score (nSPS) is 16.4. The Balaban J connectivity index is 1.07. The largest absolute Gasteiger partial charge is 0.469 e. The van der Waals surface area contributed by atoms with Gasteiger partial charge in [0.2, 0.25) is 0 Å². The number of halogens is 1. The summed E-state index contributed by atoms with van der Waals surface area (Å²) < 4.78 is 26.5. The highest BCUT2D eigenvalue weighted by atomic mass is 32.1. The van der Waals surface area contributed by atoms with Crippen molar-refractivity contribution in [3.8, 4) is 22.1 Å². The predicted octanol–water partition coefficient (Wildman–Crippen LogP) is 5.50. The smallest absolute Gasteiger partial charge is 0.319 e. The molecule has 1 atom stereocenters. The van der Waals surface area contributed by atoms with Gasteiger partial charge in [0, 0.05) is 75.5 Å². The van der Waals surface area contributed by atoms with Crippen LogP contribution < -0.4 is 15.4 Å². The number of hydrogen-bond acceptors (Lipinski definition) is 9. The van der Waals surface area contributed by atoms with Crippen LogP contribution in [0.2, 0.25) is 0 Å². The molecule has 1 saturated carbocycles. The Morgan fingerprint density at radius 2 is 1.84 bits per heavy atom. The third kappa shape index (κ3) is 7.32. The van der Waals surface area contributed by atoms with E-state index >= 15 is 0 Å². The number of anilines is 1. The molecule has 0 spiro atoms. The maximum absolute atomic E-state index is 14.9. The predicted molar refractivity (Wildman–Crippen MR) is 167 cm³/mol. The van der Waals surface area contributed by atoms with Crippen molar-refractivity contribution in [3.63, 3.8) is 0 Å². The second-order valence-electron chi connectivity index (χ2n) is 11.3. The van der Waals surface area contributed by atoms with Gasteiger partial charge in [-0.25, -0.2) is 9.18 Å². The van der Waals surface area contributed by atoms with Gasteiger partial charge in [-0.3, -0.25) is 24.6 Å². The minimum Gasteiger partial charge on any atom is -0.469 e. The number of urea groups is 1. The lowest BCUT2D eigenvalue weighted by atomic mass is 10.1. The summed E-state index contributed by atoms with van der Waals surface area (Å²) in [4.78, 5) is 38.6. The fraction of sp³-hybridized carbons (Fsp3) is 0.375. The van der Waals surface area contributed by atoms with Gasteiger partial charge in [0.25, 0.3) is 0 Å². The summed E-state index contributed by atoms with van der Waals surface area (Å²) >= 11 is 1.49. The molecule has 1 aromatic carbocycles. The van der Waals surface area contributed by atoms with Crippen LogP contribution >= 0.6 is 11.3 Å². The van der Waals surface area contributed by atoms with Crippen molar-refractivity contribution in [2.45, 2.75) is 32.4 Å². The average Bonchev–Trinajstić information content (AvgIpc) is 3.72. The minimum atomic E-state index is -0.578. The van der Waals surface area contributed by atoms with E-state index in [2.05, 4.69) is 31.5 Å². The maximum atomic E-state index is 14.9. The molecule has 0 radical (unpaired) electrons. The number of rotatable bonds is 10. The van der Waals surface area contributed by atoms with E-state index in [9.17, 15) is 14.0 Å². The number of benzene rings is 1. The molecule has 4 heterocycles. The Hall–Kier alpha value is -4.13. The molecule has 230 valence electrons. The van der Waals surface area contributed by atoms with E-state index < -0.39 is 5.82 Å². The van der Waals surface area contributed by atoms with Crippen LogP contribution in [0.4, 0.5) is 14.9 Å². The third-order valence-electron chi connectivity index (χ3n) is 7.78. The van der Waals surface area contributed by atoms with Crippen LogP contribution in [0.15, 0.2) is 54.9 Å². The summed E-state index contributed by atoms with van der Waals surface area (Å²) in [7, 11) is 1.43. The van der Waals surface area contributed by atoms with Gasteiger partial charge in [0.05, 0.1) is 33.8 Å². The van der Waals surface area contributed by atoms with Crippen LogP contribution in [-0.4, -0.2) is 77.6 Å². The molecule has 44 heavy (non-hydrogen) atoms. The van der Waals surface area contributed by atoms with Gasteiger partial charge in [0.1, 0.15) is 5.75 Å². The Labute approximate surface area is 259 Å². The van der Waals surface area contributed by atoms with Crippen LogP contribution in [0, 0.1) is 11.7 Å². The molecule has 2 fully saturated rings. The van der Waals surface area contributed by atoms with Gasteiger partial charge in [-0.05, 0) is 42.7 Å². The number of nitrogens with one attached hydrogen (secondary N) is 2. The summed E-state index contributed by atoms with van der Waals surface area (Å²) in [5.74, 6) is -0.320. The summed E-state index contributed by atoms with van der Waals surface area (Å²) in [5.41, 5.74) is 3.05. The van der Waals surface area contributed by atoms with Crippen LogP contribution in [-0.2, 0) is 16.1 Å². The van der Waals surface area contributed by atoms with Crippen molar-refractivity contribution in [3.05, 3.63) is 66.2 Å². The van der Waals surface area contributed by atoms with Gasteiger partial charge in [-0.15, -0.1) is 11.3 Å². The molecule has 1 saturated heterocycles. The van der Waals surface area contributed by atoms with E-state index in [-0.39, 0.29) is 29.7 Å². The summed E-state index contributed by atoms with van der Waals surface area (Å²) in [6.45, 7) is 7.11. The molecule has 10 nitrogen and oxygen atoms in total. The molecule has 0 bridgehead atoms. The van der Waals surface area contributed by atoms with E-state index in [1.807, 2.05) is 25.3 Å². The summed E-state index contributed by atoms with van der Waals surface area (Å²) in [5, 5.41) is 5.47. The van der Waals surface area contributed by atoms with Crippen molar-refractivity contribution < 1.29 is 23.5 Å². The molecule has 2 amide bonds. The van der Waals surface area contributed by atoms with Crippen LogP contribution in [0.1, 0.15) is 25.3 Å². The number of aromatic nitrogens is 2. The number of fused-ring (bicyclic) bond motifs is 1. The van der Waals surface area contributed by atoms with Crippen molar-refractivity contribution in [2.24, 2.45) is 5.92 Å². The first-order valence-corrected chi connectivity index (χ1v) is 15.6. The first-order chi connectivity index (χ1) is 21.3. The van der Waals surface area contributed by atoms with Crippen molar-refractivity contribution in [1.82, 2.24) is 25.1 Å². The number of piperazine rings is 1. The Morgan fingerprint density at radius 3 is 2.55 bits per heavy atom. The molecule has 1 unspecified atom stereocenters. The zero-order valence-electron chi connectivity index (χ0n) is 24.7. The fourth-order valence-electron chi connectivity index (χ4n) is 5.20. The number of carbonyl (C=O) groups excluding carboxylic acids is 2. The number of methoxy groups -OCH3 is 1. The zero-order valence-corrected chi connectivity index (χ0v) is 25.5. The molecule has 2 aliphatic rings. The minimum absolute atomic E-state index is 0.0573. The Kier molecular flexibility index (Phi) is 9.01. The Morgan fingerprint density at radius 1 is 1.05 bits per heavy atom. The van der Waals surface area contributed by atoms with Crippen molar-refractivity contribution in [1.29, 1.82) is 0 Å². The maximum Gasteiger partial charge on any atom is 0.319 e. The highest BCUT2D eigenvalue weighted by Crippen LogP contribution is 2.39. The quantitative estimate of drug-likeness (QED) is 0.224. The Bertz CT molecular complexity index is 1640. The third-order valence-corrected chi connectivity index (χ3v) is 8.94. The van der Waals surface area contributed by atoms with E-state index in [1.165, 1.54) is 30.6 Å². The van der Waals surface area contributed by atoms with Gasteiger partial charge in [-0.1, -0.05) is 13.0 Å². The van der Waals surface area contributed by atoms with Gasteiger partial charge in [0.15, 0.2) is 11.6 Å². The average molecular weight is 619 g/mol. The number of carbonyl (C=O) groups is 2. The molecule has 6 rings (SSSR count). The van der Waals surface area contributed by atoms with Crippen LogP contribution in [0.25, 0.3) is 20.8 Å². The lowest BCUT2D eigenvalue weighted by Crippen LogP contribution is -2.47. The number of hydrogen-bond donors (Lipinski definition) is 2. The first kappa shape index (κ1) is 29.9. The van der Waals surface area contributed by atoms with Crippen molar-refractivity contribution in [2.75, 3.05) is 45.2 Å². The van der Waals surface area contributed by atoms with Gasteiger partial charge >= 0.3 is 12.0 Å². The van der Waals surface area contributed by atoms with E-state index in [4.69, 9.17) is 14.5 Å². The van der Waals surface area contributed by atoms with Crippen LogP contribution in [0.3, 0.4) is 0 Å². The van der Waals surface area contributed by atoms with E-state index in [1.54, 1.807) is 18.3 Å².